The number of aromatic nitrogens is 2. The van der Waals surface area contributed by atoms with Gasteiger partial charge in [0.15, 0.2) is 0 Å². The van der Waals surface area contributed by atoms with Gasteiger partial charge in [-0.15, -0.1) is 0 Å². The predicted octanol–water partition coefficient (Wildman–Crippen LogP) is 1.50. The molecule has 106 valence electrons. The molecule has 0 spiro atoms. The number of hydrogen-bond donors (Lipinski definition) is 2. The maximum Gasteiger partial charge on any atom is 0.244 e. The number of aryl methyl sites for hydroxylation is 1. The molecule has 8 heteroatoms. The minimum Gasteiger partial charge on any atom is -0.398 e. The number of nitrogens with zero attached hydrogens (tertiary/aromatic N) is 2. The topological polar surface area (TPSA) is 98.0 Å². The van der Waals surface area contributed by atoms with Crippen molar-refractivity contribution in [2.45, 2.75) is 18.4 Å². The fourth-order valence-electron chi connectivity index (χ4n) is 1.65. The molecule has 1 heterocycles. The summed E-state index contributed by atoms with van der Waals surface area (Å²) in [5.41, 5.74) is 6.33. The first-order chi connectivity index (χ1) is 9.40. The Labute approximate surface area is 122 Å². The highest BCUT2D eigenvalue weighted by molar-refractivity contribution is 7.89. The average molecular weight is 313 g/mol. The van der Waals surface area contributed by atoms with Crippen LogP contribution in [0.3, 0.4) is 0 Å². The molecule has 0 amide bonds. The fourth-order valence-corrected chi connectivity index (χ4v) is 3.33. The molecule has 0 atom stereocenters. The molecule has 0 unspecified atom stereocenters. The zero-order valence-corrected chi connectivity index (χ0v) is 12.2. The number of nitrogen functional groups attached to an aromatic ring is 1. The zero-order chi connectivity index (χ0) is 14.8. The van der Waals surface area contributed by atoms with Crippen LogP contribution in [-0.4, -0.2) is 18.4 Å². The summed E-state index contributed by atoms with van der Waals surface area (Å²) >= 11 is 5.90. The Balaban J connectivity index is 2.24. The first kappa shape index (κ1) is 14.7. The maximum absolute atomic E-state index is 12.2. The Bertz CT molecular complexity index is 714. The fraction of sp³-hybridized carbons (Fsp3) is 0.167. The van der Waals surface area contributed by atoms with Crippen LogP contribution in [0.25, 0.3) is 0 Å². The number of nitrogens with two attached hydrogens (primary N) is 1. The number of benzene rings is 1. The molecule has 0 fully saturated rings. The lowest BCUT2D eigenvalue weighted by atomic mass is 10.3. The maximum atomic E-state index is 12.2. The van der Waals surface area contributed by atoms with Crippen LogP contribution in [0.2, 0.25) is 5.02 Å². The molecule has 0 saturated heterocycles. The number of halogens is 1. The molecule has 20 heavy (non-hydrogen) atoms. The van der Waals surface area contributed by atoms with Crippen molar-refractivity contribution < 1.29 is 8.42 Å². The van der Waals surface area contributed by atoms with Crippen molar-refractivity contribution in [1.29, 1.82) is 0 Å². The van der Waals surface area contributed by atoms with Crippen molar-refractivity contribution >= 4 is 27.3 Å². The summed E-state index contributed by atoms with van der Waals surface area (Å²) in [6.07, 6.45) is 1.57. The monoisotopic (exact) mass is 312 g/mol. The van der Waals surface area contributed by atoms with Crippen molar-refractivity contribution in [2.75, 3.05) is 5.73 Å². The number of nitrogens with one attached hydrogen (secondary N) is 1. The molecule has 0 radical (unpaired) electrons. The van der Waals surface area contributed by atoms with E-state index in [2.05, 4.69) is 14.7 Å². The van der Waals surface area contributed by atoms with E-state index in [4.69, 9.17) is 17.3 Å². The largest absolute Gasteiger partial charge is 0.398 e. The average Bonchev–Trinajstić information content (AvgIpc) is 2.36. The van der Waals surface area contributed by atoms with E-state index >= 15 is 0 Å². The van der Waals surface area contributed by atoms with Gasteiger partial charge in [-0.25, -0.2) is 23.1 Å². The highest BCUT2D eigenvalue weighted by atomic mass is 35.5. The summed E-state index contributed by atoms with van der Waals surface area (Å²) in [6, 6.07) is 6.17. The van der Waals surface area contributed by atoms with Crippen LogP contribution in [0.5, 0.6) is 0 Å². The zero-order valence-electron chi connectivity index (χ0n) is 10.7. The van der Waals surface area contributed by atoms with E-state index in [1.54, 1.807) is 25.3 Å². The second-order valence-electron chi connectivity index (χ2n) is 4.08. The Morgan fingerprint density at radius 1 is 1.35 bits per heavy atom. The number of anilines is 1. The van der Waals surface area contributed by atoms with Crippen LogP contribution in [0.15, 0.2) is 35.4 Å². The number of rotatable bonds is 4. The van der Waals surface area contributed by atoms with Gasteiger partial charge in [-0.05, 0) is 25.1 Å². The minimum atomic E-state index is -3.80. The van der Waals surface area contributed by atoms with E-state index < -0.39 is 10.0 Å². The van der Waals surface area contributed by atoms with Gasteiger partial charge in [-0.3, -0.25) is 0 Å². The van der Waals surface area contributed by atoms with Crippen LogP contribution in [0, 0.1) is 6.92 Å². The summed E-state index contributed by atoms with van der Waals surface area (Å²) in [5, 5.41) is 0.0800. The van der Waals surface area contributed by atoms with Crippen LogP contribution < -0.4 is 10.5 Å². The third kappa shape index (κ3) is 3.24. The summed E-state index contributed by atoms with van der Waals surface area (Å²) in [4.78, 5) is 7.94. The molecule has 0 aliphatic carbocycles. The second kappa shape index (κ2) is 5.74. The SMILES string of the molecule is Cc1nccc(CNS(=O)(=O)c2c(N)cccc2Cl)n1. The molecular weight excluding hydrogens is 300 g/mol. The van der Waals surface area contributed by atoms with Gasteiger partial charge >= 0.3 is 0 Å². The van der Waals surface area contributed by atoms with Crippen molar-refractivity contribution in [3.63, 3.8) is 0 Å². The molecule has 6 nitrogen and oxygen atoms in total. The second-order valence-corrected chi connectivity index (χ2v) is 6.19. The molecule has 0 saturated carbocycles. The van der Waals surface area contributed by atoms with Gasteiger partial charge in [0.05, 0.1) is 22.9 Å². The molecule has 0 bridgehead atoms. The molecule has 0 aliphatic rings. The smallest absolute Gasteiger partial charge is 0.244 e. The lowest BCUT2D eigenvalue weighted by molar-refractivity contribution is 0.580. The lowest BCUT2D eigenvalue weighted by Crippen LogP contribution is -2.25. The summed E-state index contributed by atoms with van der Waals surface area (Å²) < 4.78 is 26.8. The van der Waals surface area contributed by atoms with Gasteiger partial charge in [-0.1, -0.05) is 17.7 Å². The predicted molar refractivity (Wildman–Crippen MR) is 76.7 cm³/mol. The lowest BCUT2D eigenvalue weighted by Gasteiger charge is -2.10. The van der Waals surface area contributed by atoms with E-state index in [9.17, 15) is 8.42 Å². The Morgan fingerprint density at radius 2 is 2.10 bits per heavy atom. The van der Waals surface area contributed by atoms with E-state index in [0.29, 0.717) is 11.5 Å². The van der Waals surface area contributed by atoms with Crippen LogP contribution in [0.1, 0.15) is 11.5 Å². The van der Waals surface area contributed by atoms with E-state index in [0.717, 1.165) is 0 Å². The Hall–Kier alpha value is -1.70. The third-order valence-electron chi connectivity index (χ3n) is 2.54. The van der Waals surface area contributed by atoms with Crippen LogP contribution >= 0.6 is 11.6 Å². The molecule has 2 aromatic rings. The summed E-state index contributed by atoms with van der Waals surface area (Å²) in [7, 11) is -3.80. The van der Waals surface area contributed by atoms with E-state index in [-0.39, 0.29) is 22.2 Å². The normalized spacial score (nSPS) is 11.5. The van der Waals surface area contributed by atoms with Gasteiger partial charge in [0.2, 0.25) is 10.0 Å². The van der Waals surface area contributed by atoms with Gasteiger partial charge in [0.25, 0.3) is 0 Å². The number of sulfonamides is 1. The van der Waals surface area contributed by atoms with Crippen molar-refractivity contribution in [2.24, 2.45) is 0 Å². The first-order valence-electron chi connectivity index (χ1n) is 5.72. The minimum absolute atomic E-state index is 0.0381. The van der Waals surface area contributed by atoms with Gasteiger partial charge in [-0.2, -0.15) is 0 Å². The summed E-state index contributed by atoms with van der Waals surface area (Å²) in [6.45, 7) is 1.76. The molecular formula is C12H13ClN4O2S. The standard InChI is InChI=1S/C12H13ClN4O2S/c1-8-15-6-5-9(17-8)7-16-20(18,19)12-10(13)3-2-4-11(12)14/h2-6,16H,7,14H2,1H3. The highest BCUT2D eigenvalue weighted by Crippen LogP contribution is 2.26. The van der Waals surface area contributed by atoms with Gasteiger partial charge in [0.1, 0.15) is 10.7 Å². The summed E-state index contributed by atoms with van der Waals surface area (Å²) in [5.74, 6) is 0.568. The van der Waals surface area contributed by atoms with Crippen molar-refractivity contribution in [3.8, 4) is 0 Å². The number of hydrogen-bond acceptors (Lipinski definition) is 5. The molecule has 1 aromatic carbocycles. The first-order valence-corrected chi connectivity index (χ1v) is 7.58. The highest BCUT2D eigenvalue weighted by Gasteiger charge is 2.20. The molecule has 0 aliphatic heterocycles. The van der Waals surface area contributed by atoms with E-state index in [1.807, 2.05) is 0 Å². The Morgan fingerprint density at radius 3 is 2.75 bits per heavy atom. The van der Waals surface area contributed by atoms with E-state index in [1.165, 1.54) is 12.1 Å². The Kier molecular flexibility index (Phi) is 4.22. The van der Waals surface area contributed by atoms with Crippen LogP contribution in [0.4, 0.5) is 5.69 Å². The van der Waals surface area contributed by atoms with Crippen molar-refractivity contribution in [3.05, 3.63) is 47.0 Å². The molecule has 2 rings (SSSR count). The quantitative estimate of drug-likeness (QED) is 0.834. The van der Waals surface area contributed by atoms with Gasteiger partial charge in [0, 0.05) is 6.20 Å². The van der Waals surface area contributed by atoms with Gasteiger partial charge < -0.3 is 5.73 Å². The molecule has 1 aromatic heterocycles. The third-order valence-corrected chi connectivity index (χ3v) is 4.49. The van der Waals surface area contributed by atoms with Crippen molar-refractivity contribution in [1.82, 2.24) is 14.7 Å². The molecule has 3 N–H and O–H groups in total. The van der Waals surface area contributed by atoms with Crippen LogP contribution in [-0.2, 0) is 16.6 Å².